The lowest BCUT2D eigenvalue weighted by Crippen LogP contribution is -2.42. The van der Waals surface area contributed by atoms with Gasteiger partial charge in [-0.1, -0.05) is 27.7 Å². The molecule has 1 aliphatic rings. The van der Waals surface area contributed by atoms with E-state index in [2.05, 4.69) is 38.3 Å². The zero-order valence-electron chi connectivity index (χ0n) is 11.5. The second-order valence-electron chi connectivity index (χ2n) is 6.00. The maximum absolute atomic E-state index is 11.8. The molecular formula is C13H26N2OS. The van der Waals surface area contributed by atoms with E-state index in [-0.39, 0.29) is 11.3 Å². The Labute approximate surface area is 109 Å². The van der Waals surface area contributed by atoms with Crippen molar-refractivity contribution < 1.29 is 4.79 Å². The molecule has 1 rings (SSSR count). The van der Waals surface area contributed by atoms with Crippen LogP contribution in [-0.4, -0.2) is 36.5 Å². The van der Waals surface area contributed by atoms with Crippen LogP contribution in [0.5, 0.6) is 0 Å². The van der Waals surface area contributed by atoms with Crippen LogP contribution in [-0.2, 0) is 4.79 Å². The fraction of sp³-hybridized carbons (Fsp3) is 0.923. The topological polar surface area (TPSA) is 41.1 Å². The van der Waals surface area contributed by atoms with Gasteiger partial charge in [-0.15, -0.1) is 0 Å². The van der Waals surface area contributed by atoms with E-state index in [1.165, 1.54) is 5.75 Å². The number of rotatable bonds is 4. The summed E-state index contributed by atoms with van der Waals surface area (Å²) in [5, 5.41) is 6.43. The van der Waals surface area contributed by atoms with E-state index in [4.69, 9.17) is 0 Å². The van der Waals surface area contributed by atoms with Gasteiger partial charge in [0.1, 0.15) is 0 Å². The van der Waals surface area contributed by atoms with Gasteiger partial charge in [-0.25, -0.2) is 0 Å². The Hall–Kier alpha value is -0.220. The molecule has 4 heteroatoms. The third kappa shape index (κ3) is 5.77. The number of nitrogens with one attached hydrogen (secondary N) is 2. The third-order valence-corrected chi connectivity index (χ3v) is 4.64. The highest BCUT2D eigenvalue weighted by atomic mass is 32.2. The maximum Gasteiger partial charge on any atom is 0.221 e. The third-order valence-electron chi connectivity index (χ3n) is 3.51. The molecule has 1 aliphatic heterocycles. The molecule has 0 radical (unpaired) electrons. The summed E-state index contributed by atoms with van der Waals surface area (Å²) in [5.74, 6) is 2.91. The van der Waals surface area contributed by atoms with Gasteiger partial charge < -0.3 is 10.6 Å². The minimum atomic E-state index is 0.182. The Morgan fingerprint density at radius 2 is 2.24 bits per heavy atom. The van der Waals surface area contributed by atoms with Gasteiger partial charge in [-0.3, -0.25) is 4.79 Å². The molecule has 2 atom stereocenters. The minimum absolute atomic E-state index is 0.182. The van der Waals surface area contributed by atoms with Crippen LogP contribution in [0.25, 0.3) is 0 Å². The summed E-state index contributed by atoms with van der Waals surface area (Å²) in [5.41, 5.74) is 0.256. The zero-order valence-corrected chi connectivity index (χ0v) is 12.3. The van der Waals surface area contributed by atoms with Gasteiger partial charge in [0.05, 0.1) is 0 Å². The summed E-state index contributed by atoms with van der Waals surface area (Å²) in [6.07, 6.45) is 0.615. The minimum Gasteiger partial charge on any atom is -0.356 e. The molecule has 0 aliphatic carbocycles. The van der Waals surface area contributed by atoms with E-state index >= 15 is 0 Å². The van der Waals surface area contributed by atoms with Crippen LogP contribution in [0.2, 0.25) is 0 Å². The molecule has 1 amide bonds. The fourth-order valence-corrected chi connectivity index (χ4v) is 2.57. The van der Waals surface area contributed by atoms with Crippen molar-refractivity contribution in [2.75, 3.05) is 24.6 Å². The number of thioether (sulfide) groups is 1. The van der Waals surface area contributed by atoms with E-state index in [0.29, 0.717) is 18.4 Å². The van der Waals surface area contributed by atoms with E-state index < -0.39 is 0 Å². The van der Waals surface area contributed by atoms with E-state index in [9.17, 15) is 4.79 Å². The molecule has 0 aromatic heterocycles. The molecule has 0 aromatic rings. The second-order valence-corrected chi connectivity index (χ2v) is 7.15. The summed E-state index contributed by atoms with van der Waals surface area (Å²) in [4.78, 5) is 11.8. The van der Waals surface area contributed by atoms with Crippen molar-refractivity contribution in [3.63, 3.8) is 0 Å². The normalized spacial score (nSPS) is 23.2. The number of hydrogen-bond acceptors (Lipinski definition) is 3. The summed E-state index contributed by atoms with van der Waals surface area (Å²) in [6, 6.07) is 0.360. The average Bonchev–Trinajstić information content (AvgIpc) is 2.26. The number of hydrogen-bond donors (Lipinski definition) is 2. The summed E-state index contributed by atoms with van der Waals surface area (Å²) >= 11 is 1.93. The lowest BCUT2D eigenvalue weighted by Gasteiger charge is -2.28. The smallest absolute Gasteiger partial charge is 0.221 e. The van der Waals surface area contributed by atoms with Crippen molar-refractivity contribution >= 4 is 17.7 Å². The van der Waals surface area contributed by atoms with Crippen LogP contribution in [0.15, 0.2) is 0 Å². The highest BCUT2D eigenvalue weighted by Gasteiger charge is 2.21. The number of amides is 1. The molecule has 100 valence electrons. The maximum atomic E-state index is 11.8. The van der Waals surface area contributed by atoms with Gasteiger partial charge in [0, 0.05) is 37.1 Å². The van der Waals surface area contributed by atoms with Crippen molar-refractivity contribution in [1.29, 1.82) is 0 Å². The predicted molar refractivity (Wildman–Crippen MR) is 75.4 cm³/mol. The lowest BCUT2D eigenvalue weighted by atomic mass is 9.82. The first-order chi connectivity index (χ1) is 7.89. The van der Waals surface area contributed by atoms with E-state index in [0.717, 1.165) is 18.8 Å². The van der Waals surface area contributed by atoms with Gasteiger partial charge in [0.2, 0.25) is 5.91 Å². The molecule has 0 spiro atoms. The molecule has 2 unspecified atom stereocenters. The number of carbonyl (C=O) groups excluding carboxylic acids is 1. The Bertz CT molecular complexity index is 244. The Kier molecular flexibility index (Phi) is 5.80. The molecule has 1 fully saturated rings. The molecule has 1 saturated heterocycles. The standard InChI is InChI=1S/C13H26N2OS/c1-10(13(2,3)4)8-15-12(16)7-11-9-17-6-5-14-11/h10-11,14H,5-9H2,1-4H3,(H,15,16). The van der Waals surface area contributed by atoms with Crippen molar-refractivity contribution in [2.24, 2.45) is 11.3 Å². The fourth-order valence-electron chi connectivity index (χ4n) is 1.62. The highest BCUT2D eigenvalue weighted by molar-refractivity contribution is 7.99. The summed E-state index contributed by atoms with van der Waals surface area (Å²) in [6.45, 7) is 10.6. The monoisotopic (exact) mass is 258 g/mol. The molecule has 3 nitrogen and oxygen atoms in total. The summed E-state index contributed by atoms with van der Waals surface area (Å²) < 4.78 is 0. The van der Waals surface area contributed by atoms with Crippen molar-refractivity contribution in [2.45, 2.75) is 40.2 Å². The zero-order chi connectivity index (χ0) is 12.9. The summed E-state index contributed by atoms with van der Waals surface area (Å²) in [7, 11) is 0. The van der Waals surface area contributed by atoms with Gasteiger partial charge in [0.15, 0.2) is 0 Å². The van der Waals surface area contributed by atoms with Crippen LogP contribution in [0.1, 0.15) is 34.1 Å². The quantitative estimate of drug-likeness (QED) is 0.809. The largest absolute Gasteiger partial charge is 0.356 e. The highest BCUT2D eigenvalue weighted by Crippen LogP contribution is 2.24. The molecule has 0 saturated carbocycles. The van der Waals surface area contributed by atoms with Crippen molar-refractivity contribution in [1.82, 2.24) is 10.6 Å². The van der Waals surface area contributed by atoms with Crippen LogP contribution in [0, 0.1) is 11.3 Å². The average molecular weight is 258 g/mol. The number of carbonyl (C=O) groups is 1. The molecule has 0 aromatic carbocycles. The van der Waals surface area contributed by atoms with E-state index in [1.807, 2.05) is 11.8 Å². The van der Waals surface area contributed by atoms with E-state index in [1.54, 1.807) is 0 Å². The molecule has 1 heterocycles. The van der Waals surface area contributed by atoms with Crippen LogP contribution in [0.3, 0.4) is 0 Å². The molecule has 2 N–H and O–H groups in total. The Balaban J connectivity index is 2.20. The molecular weight excluding hydrogens is 232 g/mol. The Morgan fingerprint density at radius 3 is 2.76 bits per heavy atom. The SMILES string of the molecule is CC(CNC(=O)CC1CSCCN1)C(C)(C)C. The van der Waals surface area contributed by atoms with Crippen molar-refractivity contribution in [3.05, 3.63) is 0 Å². The Morgan fingerprint density at radius 1 is 1.53 bits per heavy atom. The first kappa shape index (κ1) is 14.8. The predicted octanol–water partition coefficient (Wildman–Crippen LogP) is 1.88. The van der Waals surface area contributed by atoms with Gasteiger partial charge in [-0.05, 0) is 11.3 Å². The first-order valence-electron chi connectivity index (χ1n) is 6.47. The second kappa shape index (κ2) is 6.64. The first-order valence-corrected chi connectivity index (χ1v) is 7.63. The van der Waals surface area contributed by atoms with Gasteiger partial charge in [0.25, 0.3) is 0 Å². The lowest BCUT2D eigenvalue weighted by molar-refractivity contribution is -0.121. The van der Waals surface area contributed by atoms with Gasteiger partial charge >= 0.3 is 0 Å². The van der Waals surface area contributed by atoms with Crippen LogP contribution < -0.4 is 10.6 Å². The molecule has 17 heavy (non-hydrogen) atoms. The molecule has 0 bridgehead atoms. The van der Waals surface area contributed by atoms with Crippen LogP contribution in [0.4, 0.5) is 0 Å². The van der Waals surface area contributed by atoms with Crippen molar-refractivity contribution in [3.8, 4) is 0 Å². The van der Waals surface area contributed by atoms with Crippen LogP contribution >= 0.6 is 11.8 Å². The van der Waals surface area contributed by atoms with Gasteiger partial charge in [-0.2, -0.15) is 11.8 Å².